The van der Waals surface area contributed by atoms with Crippen LogP contribution in [0.1, 0.15) is 31.2 Å². The van der Waals surface area contributed by atoms with Gasteiger partial charge in [-0.05, 0) is 36.6 Å². The third-order valence-corrected chi connectivity index (χ3v) is 4.02. The fourth-order valence-electron chi connectivity index (χ4n) is 2.92. The maximum Gasteiger partial charge on any atom is 0.248 e. The van der Waals surface area contributed by atoms with Crippen LogP contribution >= 0.6 is 0 Å². The monoisotopic (exact) mass is 255 g/mol. The van der Waals surface area contributed by atoms with Crippen molar-refractivity contribution in [3.63, 3.8) is 0 Å². The van der Waals surface area contributed by atoms with E-state index < -0.39 is 17.2 Å². The second-order valence-corrected chi connectivity index (χ2v) is 5.08. The number of hydrogen-bond donors (Lipinski definition) is 1. The smallest absolute Gasteiger partial charge is 0.248 e. The van der Waals surface area contributed by atoms with Gasteiger partial charge in [-0.1, -0.05) is 0 Å². The summed E-state index contributed by atoms with van der Waals surface area (Å²) in [6, 6.07) is 4.04. The van der Waals surface area contributed by atoms with Gasteiger partial charge in [-0.25, -0.2) is 13.2 Å². The minimum Gasteiger partial charge on any atom is -0.325 e. The van der Waals surface area contributed by atoms with Crippen LogP contribution in [0.15, 0.2) is 18.2 Å². The average molecular weight is 255 g/mol. The average Bonchev–Trinajstić information content (AvgIpc) is 2.57. The number of carbonyl (C=O) groups is 1. The summed E-state index contributed by atoms with van der Waals surface area (Å²) >= 11 is 0. The van der Waals surface area contributed by atoms with Crippen LogP contribution in [0.4, 0.5) is 18.9 Å². The number of amides is 1. The van der Waals surface area contributed by atoms with Gasteiger partial charge in [0.15, 0.2) is 0 Å². The summed E-state index contributed by atoms with van der Waals surface area (Å²) < 4.78 is 39.7. The van der Waals surface area contributed by atoms with Crippen molar-refractivity contribution in [2.24, 2.45) is 0 Å². The molecular formula is C13H12F3NO. The van der Waals surface area contributed by atoms with Crippen molar-refractivity contribution in [3.8, 4) is 0 Å². The Morgan fingerprint density at radius 2 is 1.78 bits per heavy atom. The maximum atomic E-state index is 13.3. The highest BCUT2D eigenvalue weighted by molar-refractivity contribution is 6.06. The summed E-state index contributed by atoms with van der Waals surface area (Å²) in [5.41, 5.74) is 0.119. The standard InChI is InChI=1S/C13H12F3NO/c14-8-1-2-10-9(7-8)12(11(18)17-10)3-5-13(15,16)6-4-12/h1-2,7H,3-6H2,(H,17,18). The lowest BCUT2D eigenvalue weighted by molar-refractivity contribution is -0.125. The SMILES string of the molecule is O=C1Nc2ccc(F)cc2C12CCC(F)(F)CC2. The fourth-order valence-corrected chi connectivity index (χ4v) is 2.92. The first kappa shape index (κ1) is 11.6. The molecule has 1 amide bonds. The largest absolute Gasteiger partial charge is 0.325 e. The number of anilines is 1. The van der Waals surface area contributed by atoms with E-state index >= 15 is 0 Å². The third kappa shape index (κ3) is 1.53. The minimum absolute atomic E-state index is 0.0717. The van der Waals surface area contributed by atoms with Gasteiger partial charge in [-0.3, -0.25) is 4.79 Å². The molecule has 1 aromatic carbocycles. The zero-order valence-electron chi connectivity index (χ0n) is 9.60. The second-order valence-electron chi connectivity index (χ2n) is 5.08. The predicted octanol–water partition coefficient (Wildman–Crippen LogP) is 3.22. The molecule has 0 radical (unpaired) electrons. The summed E-state index contributed by atoms with van der Waals surface area (Å²) in [7, 11) is 0. The van der Waals surface area contributed by atoms with Gasteiger partial charge in [-0.2, -0.15) is 0 Å². The molecule has 1 aliphatic heterocycles. The normalized spacial score (nSPS) is 23.8. The van der Waals surface area contributed by atoms with E-state index in [0.717, 1.165) is 0 Å². The molecule has 1 saturated carbocycles. The molecule has 1 aromatic rings. The predicted molar refractivity (Wildman–Crippen MR) is 60.1 cm³/mol. The molecule has 18 heavy (non-hydrogen) atoms. The van der Waals surface area contributed by atoms with Crippen LogP contribution in [0.3, 0.4) is 0 Å². The Kier molecular flexibility index (Phi) is 2.24. The molecule has 3 rings (SSSR count). The number of nitrogens with one attached hydrogen (secondary N) is 1. The van der Waals surface area contributed by atoms with Crippen molar-refractivity contribution in [1.29, 1.82) is 0 Å². The summed E-state index contributed by atoms with van der Waals surface area (Å²) in [6.45, 7) is 0. The molecule has 0 atom stereocenters. The van der Waals surface area contributed by atoms with Crippen LogP contribution < -0.4 is 5.32 Å². The second kappa shape index (κ2) is 3.49. The van der Waals surface area contributed by atoms with E-state index in [9.17, 15) is 18.0 Å². The fraction of sp³-hybridized carbons (Fsp3) is 0.462. The van der Waals surface area contributed by atoms with E-state index in [4.69, 9.17) is 0 Å². The third-order valence-electron chi connectivity index (χ3n) is 4.02. The van der Waals surface area contributed by atoms with Crippen LogP contribution in [0.25, 0.3) is 0 Å². The number of fused-ring (bicyclic) bond motifs is 2. The molecule has 2 aliphatic rings. The molecule has 0 unspecified atom stereocenters. The summed E-state index contributed by atoms with van der Waals surface area (Å²) in [5, 5.41) is 2.66. The van der Waals surface area contributed by atoms with E-state index in [1.807, 2.05) is 0 Å². The highest BCUT2D eigenvalue weighted by atomic mass is 19.3. The quantitative estimate of drug-likeness (QED) is 0.757. The topological polar surface area (TPSA) is 29.1 Å². The van der Waals surface area contributed by atoms with Crippen molar-refractivity contribution in [2.75, 3.05) is 5.32 Å². The van der Waals surface area contributed by atoms with Crippen molar-refractivity contribution < 1.29 is 18.0 Å². The first-order valence-electron chi connectivity index (χ1n) is 5.92. The molecule has 1 heterocycles. The Balaban J connectivity index is 2.04. The molecule has 0 bridgehead atoms. The lowest BCUT2D eigenvalue weighted by Crippen LogP contribution is -2.41. The van der Waals surface area contributed by atoms with Gasteiger partial charge in [-0.15, -0.1) is 0 Å². The van der Waals surface area contributed by atoms with E-state index in [0.29, 0.717) is 11.3 Å². The highest BCUT2D eigenvalue weighted by Crippen LogP contribution is 2.50. The Bertz CT molecular complexity index is 517. The molecule has 1 spiro atoms. The van der Waals surface area contributed by atoms with E-state index in [2.05, 4.69) is 5.32 Å². The number of hydrogen-bond acceptors (Lipinski definition) is 1. The lowest BCUT2D eigenvalue weighted by atomic mass is 9.69. The first-order valence-corrected chi connectivity index (χ1v) is 5.92. The number of rotatable bonds is 0. The van der Waals surface area contributed by atoms with Crippen LogP contribution in [0.2, 0.25) is 0 Å². The van der Waals surface area contributed by atoms with Crippen molar-refractivity contribution in [1.82, 2.24) is 0 Å². The number of carbonyl (C=O) groups excluding carboxylic acids is 1. The summed E-state index contributed by atoms with van der Waals surface area (Å²) in [5.74, 6) is -3.43. The Morgan fingerprint density at radius 3 is 2.44 bits per heavy atom. The van der Waals surface area contributed by atoms with Gasteiger partial charge in [0.25, 0.3) is 0 Å². The summed E-state index contributed by atoms with van der Waals surface area (Å²) in [6.07, 6.45) is -0.503. The Labute approximate surface area is 102 Å². The zero-order valence-corrected chi connectivity index (χ0v) is 9.60. The molecule has 0 aromatic heterocycles. The first-order chi connectivity index (χ1) is 8.43. The Morgan fingerprint density at radius 1 is 1.11 bits per heavy atom. The van der Waals surface area contributed by atoms with Crippen LogP contribution in [-0.2, 0) is 10.2 Å². The van der Waals surface area contributed by atoms with Gasteiger partial charge in [0.1, 0.15) is 5.82 Å². The van der Waals surface area contributed by atoms with Crippen LogP contribution in [-0.4, -0.2) is 11.8 Å². The number of benzene rings is 1. The number of alkyl halides is 2. The molecule has 5 heteroatoms. The van der Waals surface area contributed by atoms with Gasteiger partial charge in [0.05, 0.1) is 5.41 Å². The molecule has 2 nitrogen and oxygen atoms in total. The van der Waals surface area contributed by atoms with Gasteiger partial charge in [0.2, 0.25) is 11.8 Å². The molecule has 0 saturated heterocycles. The number of halogens is 3. The minimum atomic E-state index is -2.71. The van der Waals surface area contributed by atoms with Gasteiger partial charge >= 0.3 is 0 Å². The van der Waals surface area contributed by atoms with Crippen molar-refractivity contribution in [3.05, 3.63) is 29.6 Å². The maximum absolute atomic E-state index is 13.3. The van der Waals surface area contributed by atoms with Crippen LogP contribution in [0.5, 0.6) is 0 Å². The Hall–Kier alpha value is -1.52. The van der Waals surface area contributed by atoms with Gasteiger partial charge in [0, 0.05) is 18.5 Å². The van der Waals surface area contributed by atoms with E-state index in [1.54, 1.807) is 0 Å². The molecule has 1 N–H and O–H groups in total. The van der Waals surface area contributed by atoms with E-state index in [1.165, 1.54) is 18.2 Å². The summed E-state index contributed by atoms with van der Waals surface area (Å²) in [4.78, 5) is 12.1. The van der Waals surface area contributed by atoms with Gasteiger partial charge < -0.3 is 5.32 Å². The van der Waals surface area contributed by atoms with E-state index in [-0.39, 0.29) is 31.6 Å². The molecule has 1 aliphatic carbocycles. The highest BCUT2D eigenvalue weighted by Gasteiger charge is 2.52. The van der Waals surface area contributed by atoms with Crippen molar-refractivity contribution in [2.45, 2.75) is 37.0 Å². The molecule has 96 valence electrons. The van der Waals surface area contributed by atoms with Crippen molar-refractivity contribution >= 4 is 11.6 Å². The molecular weight excluding hydrogens is 243 g/mol. The lowest BCUT2D eigenvalue weighted by Gasteiger charge is -2.35. The zero-order chi connectivity index (χ0) is 13.0. The molecule has 1 fully saturated rings. The van der Waals surface area contributed by atoms with Crippen LogP contribution in [0, 0.1) is 5.82 Å².